The maximum absolute atomic E-state index is 9.65. The first-order chi connectivity index (χ1) is 8.63. The molecule has 0 saturated carbocycles. The van der Waals surface area contributed by atoms with Crippen LogP contribution in [0.25, 0.3) is 0 Å². The van der Waals surface area contributed by atoms with E-state index in [-0.39, 0.29) is 0 Å². The molecule has 0 unspecified atom stereocenters. The molecule has 0 atom stereocenters. The quantitative estimate of drug-likeness (QED) is 0.834. The minimum atomic E-state index is -2.04. The summed E-state index contributed by atoms with van der Waals surface area (Å²) in [6, 6.07) is 13.3. The second-order valence-electron chi connectivity index (χ2n) is 3.33. The first kappa shape index (κ1) is 13.4. The van der Waals surface area contributed by atoms with Gasteiger partial charge in [0.05, 0.1) is 0 Å². The lowest BCUT2D eigenvalue weighted by Gasteiger charge is -2.12. The zero-order valence-electron chi connectivity index (χ0n) is 9.09. The maximum Gasteiger partial charge on any atom is 0.460 e. The molecule has 6 heteroatoms. The summed E-state index contributed by atoms with van der Waals surface area (Å²) in [7, 11) is -2.04. The third-order valence-corrected chi connectivity index (χ3v) is 3.23. The van der Waals surface area contributed by atoms with Gasteiger partial charge in [-0.15, -0.1) is 0 Å². The van der Waals surface area contributed by atoms with Gasteiger partial charge < -0.3 is 13.9 Å². The van der Waals surface area contributed by atoms with Gasteiger partial charge in [-0.2, -0.15) is 0 Å². The molecule has 0 amide bonds. The number of hydrogen-bond acceptors (Lipinski definition) is 3. The van der Waals surface area contributed by atoms with Crippen LogP contribution in [0.2, 0.25) is 10.0 Å². The Labute approximate surface area is 116 Å². The smallest absolute Gasteiger partial charge is 0.418 e. The van der Waals surface area contributed by atoms with Crippen molar-refractivity contribution in [2.45, 2.75) is 0 Å². The molecule has 0 aliphatic carbocycles. The molecule has 1 N–H and O–H groups in total. The lowest BCUT2D eigenvalue weighted by atomic mass is 10.3. The van der Waals surface area contributed by atoms with Crippen molar-refractivity contribution in [2.75, 3.05) is 0 Å². The van der Waals surface area contributed by atoms with Gasteiger partial charge in [-0.05, 0) is 48.5 Å². The van der Waals surface area contributed by atoms with Gasteiger partial charge in [-0.25, -0.2) is 0 Å². The molecule has 0 aliphatic rings. The minimum absolute atomic E-state index is 0.488. The summed E-state index contributed by atoms with van der Waals surface area (Å²) >= 11 is 11.5. The Hall–Kier alpha value is -0.990. The van der Waals surface area contributed by atoms with Gasteiger partial charge in [-0.3, -0.25) is 0 Å². The van der Waals surface area contributed by atoms with Crippen LogP contribution in [0.15, 0.2) is 48.5 Å². The van der Waals surface area contributed by atoms with Crippen molar-refractivity contribution in [1.82, 2.24) is 0 Å². The number of hydrogen-bond donors (Lipinski definition) is 1. The van der Waals surface area contributed by atoms with Gasteiger partial charge in [-0.1, -0.05) is 23.2 Å². The van der Waals surface area contributed by atoms with Crippen LogP contribution in [0.4, 0.5) is 0 Å². The zero-order chi connectivity index (χ0) is 13.0. The summed E-state index contributed by atoms with van der Waals surface area (Å²) < 4.78 is 10.4. The molecule has 2 aromatic carbocycles. The van der Waals surface area contributed by atoms with Crippen LogP contribution >= 0.6 is 31.8 Å². The predicted octanol–water partition coefficient (Wildman–Crippen LogP) is 4.67. The third-order valence-electron chi connectivity index (χ3n) is 1.99. The third kappa shape index (κ3) is 4.04. The van der Waals surface area contributed by atoms with Crippen molar-refractivity contribution in [3.63, 3.8) is 0 Å². The van der Waals surface area contributed by atoms with Crippen LogP contribution in [0.3, 0.4) is 0 Å². The van der Waals surface area contributed by atoms with Gasteiger partial charge in [0.1, 0.15) is 11.5 Å². The Morgan fingerprint density at radius 3 is 1.39 bits per heavy atom. The summed E-state index contributed by atoms with van der Waals surface area (Å²) in [5.74, 6) is 0.976. The molecular weight excluding hydrogens is 294 g/mol. The molecule has 0 radical (unpaired) electrons. The highest BCUT2D eigenvalue weighted by atomic mass is 35.5. The Balaban J connectivity index is 1.94. The Kier molecular flexibility index (Phi) is 4.67. The average Bonchev–Trinajstić information content (AvgIpc) is 2.35. The summed E-state index contributed by atoms with van der Waals surface area (Å²) in [5.41, 5.74) is 0. The largest absolute Gasteiger partial charge is 0.460 e. The molecule has 0 fully saturated rings. The highest BCUT2D eigenvalue weighted by Crippen LogP contribution is 2.36. The number of halogens is 2. The van der Waals surface area contributed by atoms with Crippen molar-refractivity contribution in [3.8, 4) is 11.5 Å². The first-order valence-corrected chi connectivity index (χ1v) is 6.88. The van der Waals surface area contributed by atoms with Crippen molar-refractivity contribution in [2.24, 2.45) is 0 Å². The molecule has 0 spiro atoms. The van der Waals surface area contributed by atoms with Crippen molar-refractivity contribution < 1.29 is 13.9 Å². The van der Waals surface area contributed by atoms with Crippen LogP contribution in [0, 0.1) is 0 Å². The van der Waals surface area contributed by atoms with Crippen LogP contribution in [0.5, 0.6) is 11.5 Å². The molecule has 2 aromatic rings. The second-order valence-corrected chi connectivity index (χ2v) is 5.04. The summed E-state index contributed by atoms with van der Waals surface area (Å²) in [6.45, 7) is 0. The molecule has 0 saturated heterocycles. The van der Waals surface area contributed by atoms with Gasteiger partial charge in [0, 0.05) is 10.0 Å². The molecule has 2 rings (SSSR count). The van der Waals surface area contributed by atoms with E-state index in [9.17, 15) is 4.89 Å². The van der Waals surface area contributed by atoms with Crippen LogP contribution in [0.1, 0.15) is 0 Å². The molecule has 18 heavy (non-hydrogen) atoms. The highest BCUT2D eigenvalue weighted by Gasteiger charge is 2.11. The van der Waals surface area contributed by atoms with E-state index in [2.05, 4.69) is 0 Å². The summed E-state index contributed by atoms with van der Waals surface area (Å²) in [6.07, 6.45) is 0. The van der Waals surface area contributed by atoms with E-state index >= 15 is 0 Å². The van der Waals surface area contributed by atoms with Crippen molar-refractivity contribution in [1.29, 1.82) is 0 Å². The van der Waals surface area contributed by atoms with Crippen LogP contribution in [-0.2, 0) is 0 Å². The van der Waals surface area contributed by atoms with E-state index in [0.717, 1.165) is 0 Å². The summed E-state index contributed by atoms with van der Waals surface area (Å²) in [4.78, 5) is 9.65. The predicted molar refractivity (Wildman–Crippen MR) is 73.3 cm³/mol. The number of benzene rings is 2. The van der Waals surface area contributed by atoms with Gasteiger partial charge in [0.25, 0.3) is 0 Å². The normalized spacial score (nSPS) is 10.4. The monoisotopic (exact) mass is 302 g/mol. The van der Waals surface area contributed by atoms with E-state index in [4.69, 9.17) is 32.2 Å². The fraction of sp³-hybridized carbons (Fsp3) is 0. The SMILES string of the molecule is OP(Oc1ccc(Cl)cc1)Oc1ccc(Cl)cc1. The Bertz CT molecular complexity index is 454. The average molecular weight is 303 g/mol. The molecule has 94 valence electrons. The molecule has 0 heterocycles. The first-order valence-electron chi connectivity index (χ1n) is 4.99. The second kappa shape index (κ2) is 6.26. The zero-order valence-corrected chi connectivity index (χ0v) is 11.5. The summed E-state index contributed by atoms with van der Waals surface area (Å²) in [5, 5.41) is 1.20. The highest BCUT2D eigenvalue weighted by molar-refractivity contribution is 7.41. The fourth-order valence-electron chi connectivity index (χ4n) is 1.19. The number of rotatable bonds is 4. The minimum Gasteiger partial charge on any atom is -0.418 e. The molecule has 0 aliphatic heterocycles. The van der Waals surface area contributed by atoms with E-state index in [0.29, 0.717) is 21.5 Å². The van der Waals surface area contributed by atoms with E-state index in [1.54, 1.807) is 48.5 Å². The Morgan fingerprint density at radius 2 is 1.06 bits per heavy atom. The van der Waals surface area contributed by atoms with Crippen LogP contribution in [-0.4, -0.2) is 4.89 Å². The van der Waals surface area contributed by atoms with E-state index < -0.39 is 8.60 Å². The standard InChI is InChI=1S/C12H9Cl2O3P/c13-9-1-5-11(6-2-9)16-18(15)17-12-7-3-10(14)4-8-12/h1-8,15H. The van der Waals surface area contributed by atoms with Crippen molar-refractivity contribution >= 4 is 31.8 Å². The van der Waals surface area contributed by atoms with E-state index in [1.807, 2.05) is 0 Å². The topological polar surface area (TPSA) is 38.7 Å². The maximum atomic E-state index is 9.65. The fourth-order valence-corrected chi connectivity index (χ4v) is 2.08. The van der Waals surface area contributed by atoms with Gasteiger partial charge >= 0.3 is 8.60 Å². The van der Waals surface area contributed by atoms with Crippen molar-refractivity contribution in [3.05, 3.63) is 58.6 Å². The molecule has 0 bridgehead atoms. The molecule has 3 nitrogen and oxygen atoms in total. The van der Waals surface area contributed by atoms with E-state index in [1.165, 1.54) is 0 Å². The lowest BCUT2D eigenvalue weighted by Crippen LogP contribution is -1.94. The lowest BCUT2D eigenvalue weighted by molar-refractivity contribution is 0.382. The van der Waals surface area contributed by atoms with Gasteiger partial charge in [0.15, 0.2) is 0 Å². The van der Waals surface area contributed by atoms with Crippen LogP contribution < -0.4 is 9.05 Å². The molecular formula is C12H9Cl2O3P. The van der Waals surface area contributed by atoms with Gasteiger partial charge in [0.2, 0.25) is 0 Å². The molecule has 0 aromatic heterocycles. The Morgan fingerprint density at radius 1 is 0.722 bits per heavy atom.